The molecule has 188 valence electrons. The molecule has 0 saturated carbocycles. The number of esters is 1. The van der Waals surface area contributed by atoms with E-state index < -0.39 is 48.5 Å². The molecule has 1 unspecified atom stereocenters. The summed E-state index contributed by atoms with van der Waals surface area (Å²) < 4.78 is 62.6. The summed E-state index contributed by atoms with van der Waals surface area (Å²) in [5, 5.41) is 4.88. The van der Waals surface area contributed by atoms with E-state index in [1.165, 1.54) is 13.0 Å². The number of nitrogens with zero attached hydrogens (tertiary/aromatic N) is 1. The first-order valence-electron chi connectivity index (χ1n) is 9.64. The van der Waals surface area contributed by atoms with Crippen molar-refractivity contribution < 1.29 is 41.4 Å². The Morgan fingerprint density at radius 3 is 2.31 bits per heavy atom. The average molecular weight is 519 g/mol. The van der Waals surface area contributed by atoms with Gasteiger partial charge in [-0.15, -0.1) is 12.4 Å². The fourth-order valence-electron chi connectivity index (χ4n) is 2.94. The van der Waals surface area contributed by atoms with E-state index in [1.807, 2.05) is 0 Å². The Morgan fingerprint density at radius 2 is 1.71 bits per heavy atom. The monoisotopic (exact) mass is 518 g/mol. The number of halogens is 5. The van der Waals surface area contributed by atoms with Gasteiger partial charge in [0.05, 0.1) is 23.3 Å². The van der Waals surface area contributed by atoms with Crippen LogP contribution in [0, 0.1) is 5.82 Å². The van der Waals surface area contributed by atoms with Crippen LogP contribution in [0.4, 0.5) is 38.5 Å². The molecule has 2 amide bonds. The van der Waals surface area contributed by atoms with E-state index >= 15 is 0 Å². The molecule has 3 rings (SSSR count). The summed E-state index contributed by atoms with van der Waals surface area (Å²) in [4.78, 5) is 36.1. The topological polar surface area (TPSA) is 125 Å². The molecule has 2 aromatic carbocycles. The first-order valence-corrected chi connectivity index (χ1v) is 9.64. The number of benzene rings is 2. The molecule has 0 aliphatic carbocycles. The van der Waals surface area contributed by atoms with Crippen molar-refractivity contribution in [1.82, 2.24) is 4.57 Å². The van der Waals surface area contributed by atoms with Crippen molar-refractivity contribution >= 4 is 52.8 Å². The number of nitrogens with two attached hydrogens (primary N) is 1. The van der Waals surface area contributed by atoms with Crippen molar-refractivity contribution in [1.29, 1.82) is 0 Å². The van der Waals surface area contributed by atoms with Crippen LogP contribution >= 0.6 is 12.4 Å². The summed E-state index contributed by atoms with van der Waals surface area (Å²) in [5.74, 6) is -1.46. The average Bonchev–Trinajstić information content (AvgIpc) is 3.10. The van der Waals surface area contributed by atoms with Crippen molar-refractivity contribution in [3.8, 4) is 0 Å². The van der Waals surface area contributed by atoms with Gasteiger partial charge < -0.3 is 25.8 Å². The molecule has 0 aliphatic heterocycles. The number of rotatable bonds is 5. The van der Waals surface area contributed by atoms with E-state index in [2.05, 4.69) is 10.6 Å². The second kappa shape index (κ2) is 11.1. The minimum atomic E-state index is -4.53. The molecule has 1 aromatic heterocycles. The van der Waals surface area contributed by atoms with Crippen molar-refractivity contribution in [2.45, 2.75) is 19.4 Å². The Kier molecular flexibility index (Phi) is 8.66. The summed E-state index contributed by atoms with van der Waals surface area (Å²) >= 11 is 0. The Balaban J connectivity index is 0.00000432. The molecule has 9 nitrogen and oxygen atoms in total. The summed E-state index contributed by atoms with van der Waals surface area (Å²) in [6, 6.07) is 6.26. The summed E-state index contributed by atoms with van der Waals surface area (Å²) in [5.41, 5.74) is 4.47. The molecular formula is C21H19ClF4N4O5. The largest absolute Gasteiger partial charge is 0.424 e. The molecule has 0 spiro atoms. The first-order chi connectivity index (χ1) is 16.0. The summed E-state index contributed by atoms with van der Waals surface area (Å²) in [6.07, 6.45) is -5.65. The lowest BCUT2D eigenvalue weighted by Gasteiger charge is -2.14. The minimum absolute atomic E-state index is 0. The maximum Gasteiger partial charge on any atom is 0.421 e. The third-order valence-electron chi connectivity index (χ3n) is 4.41. The van der Waals surface area contributed by atoms with Crippen molar-refractivity contribution in [2.75, 3.05) is 17.2 Å². The number of anilines is 2. The van der Waals surface area contributed by atoms with Gasteiger partial charge in [0.15, 0.2) is 0 Å². The van der Waals surface area contributed by atoms with Gasteiger partial charge in [-0.3, -0.25) is 9.36 Å². The van der Waals surface area contributed by atoms with Crippen molar-refractivity contribution in [3.63, 3.8) is 0 Å². The highest BCUT2D eigenvalue weighted by Gasteiger charge is 2.30. The Bertz CT molecular complexity index is 1230. The quantitative estimate of drug-likeness (QED) is 0.255. The third-order valence-corrected chi connectivity index (χ3v) is 4.41. The van der Waals surface area contributed by atoms with E-state index in [4.69, 9.17) is 15.2 Å². The van der Waals surface area contributed by atoms with Gasteiger partial charge in [-0.25, -0.2) is 14.0 Å². The van der Waals surface area contributed by atoms with Gasteiger partial charge >= 0.3 is 24.3 Å². The lowest BCUT2D eigenvalue weighted by molar-refractivity contribution is -0.162. The standard InChI is InChI=1S/C21H18F4N4O5.ClH/c1-11(33-18(30)9-26)34-20(32)29-10-16(15-8-13(22)4-7-17(15)29)28-19(31)27-14-5-2-12(3-6-14)21(23,24)25;/h2-8,10-11H,9,26H2,1H3,(H2,27,28,31);1H. The molecule has 0 bridgehead atoms. The number of fused-ring (bicyclic) bond motifs is 1. The molecule has 0 fully saturated rings. The number of ether oxygens (including phenoxy) is 2. The number of alkyl halides is 3. The molecule has 0 saturated heterocycles. The van der Waals surface area contributed by atoms with Gasteiger partial charge in [0.25, 0.3) is 0 Å². The fraction of sp³-hybridized carbons (Fsp3) is 0.190. The third kappa shape index (κ3) is 6.83. The SMILES string of the molecule is CC(OC(=O)CN)OC(=O)n1cc(NC(=O)Nc2ccc(C(F)(F)F)cc2)c2cc(F)ccc21.Cl. The highest BCUT2D eigenvalue weighted by molar-refractivity contribution is 6.07. The number of aromatic nitrogens is 1. The maximum absolute atomic E-state index is 13.8. The van der Waals surface area contributed by atoms with Crippen LogP contribution in [0.5, 0.6) is 0 Å². The van der Waals surface area contributed by atoms with Crippen LogP contribution in [-0.2, 0) is 20.4 Å². The number of carbonyl (C=O) groups is 3. The number of amides is 2. The van der Waals surface area contributed by atoms with Crippen molar-refractivity contribution in [2.24, 2.45) is 5.73 Å². The molecule has 0 radical (unpaired) electrons. The lowest BCUT2D eigenvalue weighted by atomic mass is 10.2. The molecule has 35 heavy (non-hydrogen) atoms. The van der Waals surface area contributed by atoms with E-state index in [0.717, 1.165) is 47.2 Å². The number of hydrogen-bond acceptors (Lipinski definition) is 6. The number of hydrogen-bond donors (Lipinski definition) is 3. The van der Waals surface area contributed by atoms with Crippen LogP contribution in [0.25, 0.3) is 10.9 Å². The van der Waals surface area contributed by atoms with Gasteiger partial charge in [-0.05, 0) is 42.5 Å². The van der Waals surface area contributed by atoms with Crippen LogP contribution in [0.2, 0.25) is 0 Å². The highest BCUT2D eigenvalue weighted by Crippen LogP contribution is 2.30. The number of nitrogens with one attached hydrogen (secondary N) is 2. The zero-order chi connectivity index (χ0) is 25.0. The molecule has 1 heterocycles. The predicted octanol–water partition coefficient (Wildman–Crippen LogP) is 4.70. The van der Waals surface area contributed by atoms with Crippen LogP contribution in [0.3, 0.4) is 0 Å². The molecular weight excluding hydrogens is 500 g/mol. The lowest BCUT2D eigenvalue weighted by Crippen LogP contribution is -2.27. The second-order valence-corrected chi connectivity index (χ2v) is 6.87. The van der Waals surface area contributed by atoms with Crippen LogP contribution in [0.15, 0.2) is 48.7 Å². The highest BCUT2D eigenvalue weighted by atomic mass is 35.5. The fourth-order valence-corrected chi connectivity index (χ4v) is 2.94. The number of urea groups is 1. The molecule has 1 atom stereocenters. The van der Waals surface area contributed by atoms with Gasteiger partial charge in [0.2, 0.25) is 6.29 Å². The predicted molar refractivity (Wildman–Crippen MR) is 120 cm³/mol. The van der Waals surface area contributed by atoms with E-state index in [1.54, 1.807) is 0 Å². The number of carbonyl (C=O) groups excluding carboxylic acids is 3. The maximum atomic E-state index is 13.8. The van der Waals surface area contributed by atoms with E-state index in [9.17, 15) is 31.9 Å². The van der Waals surface area contributed by atoms with Crippen LogP contribution < -0.4 is 16.4 Å². The molecule has 14 heteroatoms. The van der Waals surface area contributed by atoms with Crippen LogP contribution in [0.1, 0.15) is 12.5 Å². The van der Waals surface area contributed by atoms with Crippen LogP contribution in [-0.4, -0.2) is 35.5 Å². The van der Waals surface area contributed by atoms with E-state index in [0.29, 0.717) is 0 Å². The smallest absolute Gasteiger partial charge is 0.421 e. The Hall–Kier alpha value is -3.84. The summed E-state index contributed by atoms with van der Waals surface area (Å²) in [6.45, 7) is 0.864. The molecule has 0 aliphatic rings. The van der Waals surface area contributed by atoms with Gasteiger partial charge in [-0.2, -0.15) is 13.2 Å². The Labute approximate surface area is 201 Å². The van der Waals surface area contributed by atoms with Crippen molar-refractivity contribution in [3.05, 3.63) is 60.0 Å². The molecule has 3 aromatic rings. The van der Waals surface area contributed by atoms with Gasteiger partial charge in [-0.1, -0.05) is 0 Å². The zero-order valence-corrected chi connectivity index (χ0v) is 18.7. The Morgan fingerprint density at radius 1 is 1.06 bits per heavy atom. The second-order valence-electron chi connectivity index (χ2n) is 6.87. The minimum Gasteiger partial charge on any atom is -0.424 e. The van der Waals surface area contributed by atoms with Gasteiger partial charge in [0, 0.05) is 24.2 Å². The van der Waals surface area contributed by atoms with Gasteiger partial charge in [0.1, 0.15) is 5.82 Å². The first kappa shape index (κ1) is 27.4. The normalized spacial score (nSPS) is 11.8. The van der Waals surface area contributed by atoms with E-state index in [-0.39, 0.29) is 34.7 Å². The zero-order valence-electron chi connectivity index (χ0n) is 17.9. The summed E-state index contributed by atoms with van der Waals surface area (Å²) in [7, 11) is 0. The molecule has 4 N–H and O–H groups in total.